The van der Waals surface area contributed by atoms with Gasteiger partial charge in [-0.2, -0.15) is 5.26 Å². The second-order valence-corrected chi connectivity index (χ2v) is 5.52. The number of rotatable bonds is 5. The summed E-state index contributed by atoms with van der Waals surface area (Å²) < 4.78 is 13.6. The zero-order valence-corrected chi connectivity index (χ0v) is 11.6. The van der Waals surface area contributed by atoms with Gasteiger partial charge in [-0.25, -0.2) is 4.39 Å². The van der Waals surface area contributed by atoms with Gasteiger partial charge in [0.05, 0.1) is 11.6 Å². The van der Waals surface area contributed by atoms with E-state index in [1.165, 1.54) is 17.0 Å². The molecule has 0 saturated heterocycles. The molecular weight excluding hydrogens is 259 g/mol. The number of hydrogen-bond donors (Lipinski definition) is 0. The summed E-state index contributed by atoms with van der Waals surface area (Å²) in [7, 11) is 1.96. The van der Waals surface area contributed by atoms with E-state index in [9.17, 15) is 4.39 Å². The van der Waals surface area contributed by atoms with Gasteiger partial charge >= 0.3 is 0 Å². The van der Waals surface area contributed by atoms with Crippen LogP contribution in [0.2, 0.25) is 0 Å². The molecule has 0 unspecified atom stereocenters. The fourth-order valence-corrected chi connectivity index (χ4v) is 2.59. The van der Waals surface area contributed by atoms with Crippen LogP contribution in [-0.4, -0.2) is 18.5 Å². The summed E-state index contributed by atoms with van der Waals surface area (Å²) in [6, 6.07) is 10.7. The van der Waals surface area contributed by atoms with Crippen molar-refractivity contribution in [1.29, 1.82) is 5.26 Å². The number of benzene rings is 1. The molecule has 0 radical (unpaired) electrons. The van der Waals surface area contributed by atoms with E-state index < -0.39 is 0 Å². The molecule has 19 heavy (non-hydrogen) atoms. The lowest BCUT2D eigenvalue weighted by molar-refractivity contribution is 0.326. The van der Waals surface area contributed by atoms with Gasteiger partial charge in [-0.3, -0.25) is 0 Å². The van der Waals surface area contributed by atoms with Gasteiger partial charge in [0.25, 0.3) is 0 Å². The van der Waals surface area contributed by atoms with Crippen LogP contribution in [0.15, 0.2) is 35.7 Å². The Labute approximate surface area is 116 Å². The monoisotopic (exact) mass is 274 g/mol. The van der Waals surface area contributed by atoms with E-state index in [1.807, 2.05) is 19.2 Å². The van der Waals surface area contributed by atoms with Crippen LogP contribution in [0.25, 0.3) is 0 Å². The van der Waals surface area contributed by atoms with Crippen molar-refractivity contribution >= 4 is 11.3 Å². The van der Waals surface area contributed by atoms with Crippen LogP contribution in [0.1, 0.15) is 16.0 Å². The zero-order valence-electron chi connectivity index (χ0n) is 10.8. The maximum atomic E-state index is 13.6. The standard InChI is InChI=1S/C15H15FN2S/c1-18(7-6-14-3-2-8-19-14)11-13-9-12(10-17)4-5-15(13)16/h2-5,8-9H,6-7,11H2,1H3. The van der Waals surface area contributed by atoms with Crippen molar-refractivity contribution < 1.29 is 4.39 Å². The highest BCUT2D eigenvalue weighted by atomic mass is 32.1. The maximum Gasteiger partial charge on any atom is 0.127 e. The predicted octanol–water partition coefficient (Wildman–Crippen LogP) is 3.43. The van der Waals surface area contributed by atoms with E-state index in [0.717, 1.165) is 13.0 Å². The van der Waals surface area contributed by atoms with Crippen LogP contribution in [0.4, 0.5) is 4.39 Å². The smallest absolute Gasteiger partial charge is 0.127 e. The molecule has 1 aromatic carbocycles. The molecule has 0 amide bonds. The van der Waals surface area contributed by atoms with E-state index in [2.05, 4.69) is 16.3 Å². The topological polar surface area (TPSA) is 27.0 Å². The fraction of sp³-hybridized carbons (Fsp3) is 0.267. The van der Waals surface area contributed by atoms with Crippen LogP contribution in [0, 0.1) is 17.1 Å². The Morgan fingerprint density at radius 3 is 2.89 bits per heavy atom. The highest BCUT2D eigenvalue weighted by Gasteiger charge is 2.07. The van der Waals surface area contributed by atoms with Crippen molar-refractivity contribution in [3.05, 3.63) is 57.5 Å². The van der Waals surface area contributed by atoms with Crippen LogP contribution in [0.5, 0.6) is 0 Å². The molecule has 2 nitrogen and oxygen atoms in total. The van der Waals surface area contributed by atoms with E-state index in [4.69, 9.17) is 5.26 Å². The minimum Gasteiger partial charge on any atom is -0.302 e. The van der Waals surface area contributed by atoms with E-state index in [-0.39, 0.29) is 5.82 Å². The van der Waals surface area contributed by atoms with Gasteiger partial charge in [0, 0.05) is 23.5 Å². The molecule has 2 rings (SSSR count). The third-order valence-electron chi connectivity index (χ3n) is 2.94. The molecule has 0 atom stereocenters. The second-order valence-electron chi connectivity index (χ2n) is 4.49. The number of nitrogens with zero attached hydrogens (tertiary/aromatic N) is 2. The van der Waals surface area contributed by atoms with Crippen LogP contribution >= 0.6 is 11.3 Å². The second kappa shape index (κ2) is 6.46. The number of thiophene rings is 1. The Morgan fingerprint density at radius 2 is 2.21 bits per heavy atom. The summed E-state index contributed by atoms with van der Waals surface area (Å²) in [4.78, 5) is 3.40. The minimum atomic E-state index is -0.248. The first-order valence-electron chi connectivity index (χ1n) is 6.08. The van der Waals surface area contributed by atoms with Crippen LogP contribution in [0.3, 0.4) is 0 Å². The van der Waals surface area contributed by atoms with Gasteiger partial charge in [-0.15, -0.1) is 11.3 Å². The summed E-state index contributed by atoms with van der Waals surface area (Å²) in [5.74, 6) is -0.248. The van der Waals surface area contributed by atoms with Crippen molar-refractivity contribution in [2.45, 2.75) is 13.0 Å². The molecule has 0 spiro atoms. The first kappa shape index (κ1) is 13.7. The van der Waals surface area contributed by atoms with Crippen LogP contribution < -0.4 is 0 Å². The average Bonchev–Trinajstić information content (AvgIpc) is 2.92. The van der Waals surface area contributed by atoms with Gasteiger partial charge in [0.15, 0.2) is 0 Å². The first-order chi connectivity index (χ1) is 9.19. The van der Waals surface area contributed by atoms with Crippen molar-refractivity contribution in [1.82, 2.24) is 4.90 Å². The third kappa shape index (κ3) is 3.88. The van der Waals surface area contributed by atoms with Gasteiger partial charge < -0.3 is 4.90 Å². The molecule has 1 aromatic heterocycles. The van der Waals surface area contributed by atoms with Gasteiger partial charge in [-0.1, -0.05) is 6.07 Å². The molecule has 98 valence electrons. The Bertz CT molecular complexity index is 572. The third-order valence-corrected chi connectivity index (χ3v) is 3.87. The summed E-state index contributed by atoms with van der Waals surface area (Å²) >= 11 is 1.74. The van der Waals surface area contributed by atoms with Crippen molar-refractivity contribution in [2.24, 2.45) is 0 Å². The minimum absolute atomic E-state index is 0.248. The van der Waals surface area contributed by atoms with Crippen molar-refractivity contribution in [3.8, 4) is 6.07 Å². The lowest BCUT2D eigenvalue weighted by Gasteiger charge is -2.16. The quantitative estimate of drug-likeness (QED) is 0.835. The lowest BCUT2D eigenvalue weighted by atomic mass is 10.1. The zero-order chi connectivity index (χ0) is 13.7. The SMILES string of the molecule is CN(CCc1cccs1)Cc1cc(C#N)ccc1F. The Morgan fingerprint density at radius 1 is 1.37 bits per heavy atom. The average molecular weight is 274 g/mol. The molecular formula is C15H15FN2S. The molecule has 0 aliphatic rings. The number of likely N-dealkylation sites (N-methyl/N-ethyl adjacent to an activating group) is 1. The summed E-state index contributed by atoms with van der Waals surface area (Å²) in [5, 5.41) is 10.9. The van der Waals surface area contributed by atoms with Gasteiger partial charge in [0.1, 0.15) is 5.82 Å². The van der Waals surface area contributed by atoms with E-state index >= 15 is 0 Å². The lowest BCUT2D eigenvalue weighted by Crippen LogP contribution is -2.21. The summed E-state index contributed by atoms with van der Waals surface area (Å²) in [5.41, 5.74) is 1.08. The van der Waals surface area contributed by atoms with Crippen molar-refractivity contribution in [2.75, 3.05) is 13.6 Å². The highest BCUT2D eigenvalue weighted by Crippen LogP contribution is 2.14. The maximum absolute atomic E-state index is 13.6. The molecule has 0 aliphatic heterocycles. The number of nitriles is 1. The largest absolute Gasteiger partial charge is 0.302 e. The first-order valence-corrected chi connectivity index (χ1v) is 6.96. The molecule has 0 fully saturated rings. The molecule has 4 heteroatoms. The Balaban J connectivity index is 1.95. The normalized spacial score (nSPS) is 10.6. The fourth-order valence-electron chi connectivity index (χ4n) is 1.89. The highest BCUT2D eigenvalue weighted by molar-refractivity contribution is 7.09. The molecule has 0 bridgehead atoms. The predicted molar refractivity (Wildman–Crippen MR) is 75.5 cm³/mol. The summed E-state index contributed by atoms with van der Waals surface area (Å²) in [6.45, 7) is 1.39. The molecule has 0 aliphatic carbocycles. The van der Waals surface area contributed by atoms with Crippen molar-refractivity contribution in [3.63, 3.8) is 0 Å². The molecule has 2 aromatic rings. The van der Waals surface area contributed by atoms with E-state index in [1.54, 1.807) is 17.4 Å². The Kier molecular flexibility index (Phi) is 4.67. The van der Waals surface area contributed by atoms with E-state index in [0.29, 0.717) is 17.7 Å². The van der Waals surface area contributed by atoms with Gasteiger partial charge in [0.2, 0.25) is 0 Å². The Hall–Kier alpha value is -1.70. The molecule has 0 N–H and O–H groups in total. The number of halogens is 1. The summed E-state index contributed by atoms with van der Waals surface area (Å²) in [6.07, 6.45) is 0.966. The molecule has 1 heterocycles. The molecule has 0 saturated carbocycles. The van der Waals surface area contributed by atoms with Crippen LogP contribution in [-0.2, 0) is 13.0 Å². The number of hydrogen-bond acceptors (Lipinski definition) is 3. The van der Waals surface area contributed by atoms with Gasteiger partial charge in [-0.05, 0) is 43.1 Å².